The van der Waals surface area contributed by atoms with E-state index in [1.54, 1.807) is 22.8 Å². The molecule has 6 rings (SSSR count). The van der Waals surface area contributed by atoms with E-state index in [1.165, 1.54) is 33.5 Å². The Morgan fingerprint density at radius 2 is 1.76 bits per heavy atom. The van der Waals surface area contributed by atoms with Crippen molar-refractivity contribution >= 4 is 37.8 Å². The van der Waals surface area contributed by atoms with Crippen molar-refractivity contribution in [1.29, 1.82) is 0 Å². The van der Waals surface area contributed by atoms with Crippen LogP contribution in [0.1, 0.15) is 41.6 Å². The van der Waals surface area contributed by atoms with E-state index in [0.29, 0.717) is 22.6 Å². The molecule has 1 atom stereocenters. The summed E-state index contributed by atoms with van der Waals surface area (Å²) >= 11 is 0. The Morgan fingerprint density at radius 1 is 1.05 bits per heavy atom. The van der Waals surface area contributed by atoms with Crippen LogP contribution in [0, 0.1) is 0 Å². The van der Waals surface area contributed by atoms with Crippen molar-refractivity contribution < 1.29 is 17.8 Å². The van der Waals surface area contributed by atoms with E-state index in [2.05, 4.69) is 46.6 Å². The second kappa shape index (κ2) is 9.37. The second-order valence-corrected chi connectivity index (χ2v) is 11.7. The van der Waals surface area contributed by atoms with Gasteiger partial charge in [0.2, 0.25) is 5.91 Å². The van der Waals surface area contributed by atoms with Gasteiger partial charge in [0.05, 0.1) is 11.0 Å². The van der Waals surface area contributed by atoms with E-state index in [-0.39, 0.29) is 24.2 Å². The lowest BCUT2D eigenvalue weighted by atomic mass is 9.99. The van der Waals surface area contributed by atoms with E-state index >= 15 is 0 Å². The molecule has 1 fully saturated rings. The highest BCUT2D eigenvalue weighted by atomic mass is 32.2. The zero-order valence-corrected chi connectivity index (χ0v) is 21.9. The topological polar surface area (TPSA) is 114 Å². The third kappa shape index (κ3) is 4.22. The van der Waals surface area contributed by atoms with Crippen molar-refractivity contribution in [2.24, 2.45) is 0 Å². The summed E-state index contributed by atoms with van der Waals surface area (Å²) in [6.45, 7) is 1.41. The van der Waals surface area contributed by atoms with Crippen molar-refractivity contribution in [3.05, 3.63) is 81.8 Å². The van der Waals surface area contributed by atoms with Gasteiger partial charge < -0.3 is 5.32 Å². The molecule has 10 heteroatoms. The predicted octanol–water partition coefficient (Wildman–Crippen LogP) is 3.02. The van der Waals surface area contributed by atoms with Crippen LogP contribution in [-0.4, -0.2) is 53.0 Å². The zero-order valence-electron chi connectivity index (χ0n) is 21.1. The summed E-state index contributed by atoms with van der Waals surface area (Å²) in [5.41, 5.74) is 3.65. The van der Waals surface area contributed by atoms with Crippen LogP contribution < -0.4 is 11.0 Å². The van der Waals surface area contributed by atoms with Gasteiger partial charge >= 0.3 is 5.69 Å². The molecule has 0 spiro atoms. The molecule has 0 unspecified atom stereocenters. The number of nitrogens with one attached hydrogen (secondary N) is 1. The summed E-state index contributed by atoms with van der Waals surface area (Å²) in [6.07, 6.45) is 2.49. The Morgan fingerprint density at radius 3 is 2.47 bits per heavy atom. The van der Waals surface area contributed by atoms with Crippen LogP contribution in [-0.2, 0) is 33.6 Å². The lowest BCUT2D eigenvalue weighted by Crippen LogP contribution is -2.40. The van der Waals surface area contributed by atoms with Crippen molar-refractivity contribution in [2.75, 3.05) is 20.1 Å². The van der Waals surface area contributed by atoms with E-state index in [1.807, 2.05) is 0 Å². The molecule has 9 nitrogen and oxygen atoms in total. The molecule has 1 aliphatic heterocycles. The van der Waals surface area contributed by atoms with Gasteiger partial charge in [-0.15, -0.1) is 0 Å². The average molecular weight is 535 g/mol. The third-order valence-electron chi connectivity index (χ3n) is 8.08. The number of rotatable bonds is 6. The maximum absolute atomic E-state index is 13.7. The monoisotopic (exact) mass is 534 g/mol. The number of benzene rings is 3. The van der Waals surface area contributed by atoms with Crippen LogP contribution >= 0.6 is 0 Å². The summed E-state index contributed by atoms with van der Waals surface area (Å²) in [5.74, 6) is -0.995. The van der Waals surface area contributed by atoms with Gasteiger partial charge in [0, 0.05) is 32.2 Å². The second-order valence-electron chi connectivity index (χ2n) is 10.3. The highest BCUT2D eigenvalue weighted by molar-refractivity contribution is 7.85. The van der Waals surface area contributed by atoms with Crippen molar-refractivity contribution in [1.82, 2.24) is 19.4 Å². The normalized spacial score (nSPS) is 18.4. The van der Waals surface area contributed by atoms with Crippen molar-refractivity contribution in [3.63, 3.8) is 0 Å². The maximum Gasteiger partial charge on any atom is 0.329 e. The van der Waals surface area contributed by atoms with Gasteiger partial charge in [-0.1, -0.05) is 48.5 Å². The average Bonchev–Trinajstić information content (AvgIpc) is 3.40. The molecule has 4 aromatic rings. The zero-order chi connectivity index (χ0) is 26.6. The fourth-order valence-electron chi connectivity index (χ4n) is 6.45. The number of piperidine rings is 1. The largest absolute Gasteiger partial charge is 0.358 e. The van der Waals surface area contributed by atoms with Crippen LogP contribution in [0.3, 0.4) is 0 Å². The molecule has 0 saturated carbocycles. The number of likely N-dealkylation sites (N-methyl/N-ethyl adjacent to an activating group) is 1. The maximum atomic E-state index is 13.7. The summed E-state index contributed by atoms with van der Waals surface area (Å²) in [4.78, 5) is 28.5. The Hall–Kier alpha value is -3.47. The van der Waals surface area contributed by atoms with Gasteiger partial charge in [0.1, 0.15) is 12.3 Å². The quantitative estimate of drug-likeness (QED) is 0.368. The van der Waals surface area contributed by atoms with Crippen LogP contribution in [0.15, 0.2) is 59.4 Å². The SMILES string of the molecule is CNC(=O)Cn1c(=O)n(C2CCN([C@@H]3Cc4cccc5cccc3c45)CC2)c2cccc(CS(=O)(=O)O)c21. The molecule has 2 aliphatic rings. The van der Waals surface area contributed by atoms with E-state index in [4.69, 9.17) is 0 Å². The van der Waals surface area contributed by atoms with Gasteiger partial charge in [-0.2, -0.15) is 8.42 Å². The Kier molecular flexibility index (Phi) is 6.13. The number of imidazole rings is 1. The van der Waals surface area contributed by atoms with E-state index < -0.39 is 15.9 Å². The van der Waals surface area contributed by atoms with E-state index in [0.717, 1.165) is 32.4 Å². The minimum absolute atomic E-state index is 0.0901. The lowest BCUT2D eigenvalue weighted by molar-refractivity contribution is -0.121. The minimum atomic E-state index is -4.34. The molecule has 2 N–H and O–H groups in total. The number of hydrogen-bond donors (Lipinski definition) is 2. The van der Waals surface area contributed by atoms with E-state index in [9.17, 15) is 22.6 Å². The minimum Gasteiger partial charge on any atom is -0.358 e. The molecule has 3 aromatic carbocycles. The molecule has 0 bridgehead atoms. The number of para-hydroxylation sites is 1. The van der Waals surface area contributed by atoms with Crippen LogP contribution in [0.2, 0.25) is 0 Å². The van der Waals surface area contributed by atoms with Gasteiger partial charge in [-0.05, 0) is 52.8 Å². The van der Waals surface area contributed by atoms with Crippen LogP contribution in [0.5, 0.6) is 0 Å². The number of fused-ring (bicyclic) bond motifs is 1. The smallest absolute Gasteiger partial charge is 0.329 e. The first kappa shape index (κ1) is 24.8. The number of nitrogens with zero attached hydrogens (tertiary/aromatic N) is 3. The number of aromatic nitrogens is 2. The van der Waals surface area contributed by atoms with Crippen molar-refractivity contribution in [3.8, 4) is 0 Å². The fraction of sp³-hybridized carbons (Fsp3) is 0.357. The highest BCUT2D eigenvalue weighted by Crippen LogP contribution is 2.42. The molecule has 38 heavy (non-hydrogen) atoms. The van der Waals surface area contributed by atoms with Crippen LogP contribution in [0.4, 0.5) is 0 Å². The van der Waals surface area contributed by atoms with Crippen LogP contribution in [0.25, 0.3) is 21.8 Å². The summed E-state index contributed by atoms with van der Waals surface area (Å²) in [6, 6.07) is 18.3. The standard InChI is InChI=1S/C28H30N4O5S/c1-29-25(33)16-31-27-20(17-38(35,36)37)8-4-10-23(27)32(28(31)34)21-11-13-30(14-12-21)24-15-19-7-2-5-18-6-3-9-22(24)26(18)19/h2-10,21,24H,11-17H2,1H3,(H,29,33)(H,35,36,37)/t24-/m1/s1. The number of carbonyl (C=O) groups excluding carboxylic acids is 1. The fourth-order valence-corrected chi connectivity index (χ4v) is 7.07. The third-order valence-corrected chi connectivity index (χ3v) is 8.76. The highest BCUT2D eigenvalue weighted by Gasteiger charge is 2.33. The Balaban J connectivity index is 1.33. The van der Waals surface area contributed by atoms with Gasteiger partial charge in [-0.25, -0.2) is 4.79 Å². The molecule has 1 aromatic heterocycles. The molecule has 2 heterocycles. The molecule has 0 radical (unpaired) electrons. The van der Waals surface area contributed by atoms with Gasteiger partial charge in [0.15, 0.2) is 0 Å². The Labute approximate surface area is 220 Å². The number of carbonyl (C=O) groups is 1. The molecule has 1 amide bonds. The number of amides is 1. The molecular formula is C28H30N4O5S. The molecule has 198 valence electrons. The first-order chi connectivity index (χ1) is 18.2. The molecule has 1 saturated heterocycles. The van der Waals surface area contributed by atoms with Gasteiger partial charge in [0.25, 0.3) is 10.1 Å². The predicted molar refractivity (Wildman–Crippen MR) is 146 cm³/mol. The number of hydrogen-bond acceptors (Lipinski definition) is 5. The van der Waals surface area contributed by atoms with Crippen molar-refractivity contribution in [2.45, 2.75) is 43.6 Å². The summed E-state index contributed by atoms with van der Waals surface area (Å²) in [7, 11) is -2.85. The van der Waals surface area contributed by atoms with Gasteiger partial charge in [-0.3, -0.25) is 23.4 Å². The molecule has 1 aliphatic carbocycles. The Bertz CT molecular complexity index is 1730. The first-order valence-electron chi connectivity index (χ1n) is 12.9. The molecular weight excluding hydrogens is 504 g/mol. The summed E-state index contributed by atoms with van der Waals surface area (Å²) in [5, 5.41) is 5.17. The lowest BCUT2D eigenvalue weighted by Gasteiger charge is -2.36. The summed E-state index contributed by atoms with van der Waals surface area (Å²) < 4.78 is 36.0. The number of likely N-dealkylation sites (tertiary alicyclic amines) is 1. The first-order valence-corrected chi connectivity index (χ1v) is 14.5.